The van der Waals surface area contributed by atoms with E-state index in [9.17, 15) is 9.59 Å². The first-order valence-corrected chi connectivity index (χ1v) is 13.0. The Morgan fingerprint density at radius 3 is 1.92 bits per heavy atom. The predicted molar refractivity (Wildman–Crippen MR) is 150 cm³/mol. The van der Waals surface area contributed by atoms with Crippen LogP contribution in [0.4, 0.5) is 5.13 Å². The van der Waals surface area contributed by atoms with Crippen molar-refractivity contribution in [2.75, 3.05) is 5.32 Å². The number of hydrogen-bond acceptors (Lipinski definition) is 7. The zero-order valence-corrected chi connectivity index (χ0v) is 22.3. The molecule has 1 atom stereocenters. The van der Waals surface area contributed by atoms with E-state index >= 15 is 0 Å². The molecule has 1 unspecified atom stereocenters. The Kier molecular flexibility index (Phi) is 6.98. The van der Waals surface area contributed by atoms with E-state index in [0.717, 1.165) is 39.3 Å². The van der Waals surface area contributed by atoms with E-state index in [1.165, 1.54) is 18.3 Å². The van der Waals surface area contributed by atoms with E-state index < -0.39 is 18.0 Å². The van der Waals surface area contributed by atoms with Gasteiger partial charge in [0.25, 0.3) is 5.91 Å². The third-order valence-corrected chi connectivity index (χ3v) is 6.93. The van der Waals surface area contributed by atoms with Crippen molar-refractivity contribution in [2.24, 2.45) is 0 Å². The molecular weight excluding hydrogens is 496 g/mol. The van der Waals surface area contributed by atoms with Crippen LogP contribution in [0.15, 0.2) is 72.1 Å². The van der Waals surface area contributed by atoms with Gasteiger partial charge in [-0.3, -0.25) is 10.1 Å². The summed E-state index contributed by atoms with van der Waals surface area (Å²) in [5, 5.41) is 4.97. The van der Waals surface area contributed by atoms with Crippen molar-refractivity contribution in [2.45, 2.75) is 33.8 Å². The monoisotopic (exact) mass is 522 g/mol. The van der Waals surface area contributed by atoms with Crippen molar-refractivity contribution < 1.29 is 14.3 Å². The third-order valence-electron chi connectivity index (χ3n) is 6.05. The van der Waals surface area contributed by atoms with Crippen LogP contribution in [0, 0.1) is 20.8 Å². The summed E-state index contributed by atoms with van der Waals surface area (Å²) in [4.78, 5) is 39.5. The van der Waals surface area contributed by atoms with Crippen LogP contribution in [-0.2, 0) is 9.53 Å². The standard InChI is InChI=1S/C30H26N4O3S/c1-17-5-9-21(10-6-17)26-27(22-11-7-18(2)8-12-22)33-25-15-23(13-14-24(25)32-26)29(36)37-20(4)28(35)34-30-31-19(3)16-38-30/h5-16,20H,1-4H3,(H,31,34,35). The number of ether oxygens (including phenoxy) is 1. The maximum Gasteiger partial charge on any atom is 0.338 e. The Morgan fingerprint density at radius 1 is 0.789 bits per heavy atom. The minimum absolute atomic E-state index is 0.287. The number of anilines is 1. The maximum atomic E-state index is 12.9. The third kappa shape index (κ3) is 5.45. The molecule has 2 heterocycles. The molecule has 1 amide bonds. The van der Waals surface area contributed by atoms with Gasteiger partial charge in [-0.25, -0.2) is 19.7 Å². The number of carbonyl (C=O) groups is 2. The van der Waals surface area contributed by atoms with Crippen LogP contribution in [0.2, 0.25) is 0 Å². The van der Waals surface area contributed by atoms with Gasteiger partial charge in [-0.15, -0.1) is 11.3 Å². The Balaban J connectivity index is 1.46. The topological polar surface area (TPSA) is 94.1 Å². The largest absolute Gasteiger partial charge is 0.449 e. The van der Waals surface area contributed by atoms with Crippen LogP contribution in [0.3, 0.4) is 0 Å². The molecule has 2 aromatic heterocycles. The summed E-state index contributed by atoms with van der Waals surface area (Å²) in [5.41, 5.74) is 7.98. The highest BCUT2D eigenvalue weighted by Gasteiger charge is 2.21. The molecule has 0 saturated carbocycles. The normalized spacial score (nSPS) is 11.8. The van der Waals surface area contributed by atoms with Gasteiger partial charge < -0.3 is 4.74 Å². The van der Waals surface area contributed by atoms with Gasteiger partial charge in [-0.05, 0) is 45.9 Å². The minimum atomic E-state index is -1.000. The quantitative estimate of drug-likeness (QED) is 0.255. The second kappa shape index (κ2) is 10.5. The van der Waals surface area contributed by atoms with Crippen molar-refractivity contribution in [3.05, 3.63) is 94.5 Å². The lowest BCUT2D eigenvalue weighted by atomic mass is 10.0. The molecule has 1 N–H and O–H groups in total. The summed E-state index contributed by atoms with van der Waals surface area (Å²) in [6.07, 6.45) is -1.000. The van der Waals surface area contributed by atoms with E-state index in [0.29, 0.717) is 16.2 Å². The molecule has 0 fully saturated rings. The van der Waals surface area contributed by atoms with E-state index in [1.54, 1.807) is 18.2 Å². The molecule has 3 aromatic carbocycles. The molecule has 38 heavy (non-hydrogen) atoms. The van der Waals surface area contributed by atoms with Gasteiger partial charge >= 0.3 is 5.97 Å². The number of aromatic nitrogens is 3. The molecule has 0 saturated heterocycles. The highest BCUT2D eigenvalue weighted by atomic mass is 32.1. The first-order chi connectivity index (χ1) is 18.3. The first kappa shape index (κ1) is 25.2. The number of amides is 1. The highest BCUT2D eigenvalue weighted by molar-refractivity contribution is 7.13. The first-order valence-electron chi connectivity index (χ1n) is 12.2. The van der Waals surface area contributed by atoms with Crippen molar-refractivity contribution in [1.29, 1.82) is 0 Å². The molecule has 0 radical (unpaired) electrons. The number of rotatable bonds is 6. The van der Waals surface area contributed by atoms with E-state index in [2.05, 4.69) is 10.3 Å². The minimum Gasteiger partial charge on any atom is -0.449 e. The van der Waals surface area contributed by atoms with Gasteiger partial charge in [0.15, 0.2) is 11.2 Å². The fourth-order valence-corrected chi connectivity index (χ4v) is 4.60. The lowest BCUT2D eigenvalue weighted by molar-refractivity contribution is -0.123. The summed E-state index contributed by atoms with van der Waals surface area (Å²) < 4.78 is 5.44. The summed E-state index contributed by atoms with van der Waals surface area (Å²) in [6.45, 7) is 7.44. The second-order valence-corrected chi connectivity index (χ2v) is 10.0. The molecule has 0 aliphatic rings. The molecule has 0 aliphatic carbocycles. The van der Waals surface area contributed by atoms with Gasteiger partial charge in [0, 0.05) is 16.5 Å². The average Bonchev–Trinajstić information content (AvgIpc) is 3.32. The number of nitrogens with one attached hydrogen (secondary N) is 1. The van der Waals surface area contributed by atoms with Crippen LogP contribution in [0.5, 0.6) is 0 Å². The summed E-state index contributed by atoms with van der Waals surface area (Å²) in [7, 11) is 0. The zero-order chi connectivity index (χ0) is 26.8. The van der Waals surface area contributed by atoms with Gasteiger partial charge in [-0.1, -0.05) is 59.7 Å². The number of fused-ring (bicyclic) bond motifs is 1. The Bertz CT molecular complexity index is 1640. The second-order valence-electron chi connectivity index (χ2n) is 9.19. The molecule has 190 valence electrons. The summed E-state index contributed by atoms with van der Waals surface area (Å²) in [6, 6.07) is 21.3. The lowest BCUT2D eigenvalue weighted by Gasteiger charge is -2.14. The molecule has 7 nitrogen and oxygen atoms in total. The number of aryl methyl sites for hydroxylation is 3. The molecule has 0 aliphatic heterocycles. The van der Waals surface area contributed by atoms with Crippen LogP contribution < -0.4 is 5.32 Å². The van der Waals surface area contributed by atoms with Gasteiger partial charge in [0.1, 0.15) is 0 Å². The smallest absolute Gasteiger partial charge is 0.338 e. The molecule has 5 aromatic rings. The van der Waals surface area contributed by atoms with Gasteiger partial charge in [0.05, 0.1) is 33.7 Å². The molecular formula is C30H26N4O3S. The van der Waals surface area contributed by atoms with Crippen LogP contribution in [-0.4, -0.2) is 32.9 Å². The molecule has 8 heteroatoms. The number of hydrogen-bond donors (Lipinski definition) is 1. The van der Waals surface area contributed by atoms with Crippen molar-refractivity contribution in [3.63, 3.8) is 0 Å². The highest BCUT2D eigenvalue weighted by Crippen LogP contribution is 2.31. The lowest BCUT2D eigenvalue weighted by Crippen LogP contribution is -2.30. The average molecular weight is 523 g/mol. The van der Waals surface area contributed by atoms with Crippen molar-refractivity contribution >= 4 is 39.4 Å². The van der Waals surface area contributed by atoms with Crippen molar-refractivity contribution in [1.82, 2.24) is 15.0 Å². The van der Waals surface area contributed by atoms with Crippen molar-refractivity contribution in [3.8, 4) is 22.5 Å². The van der Waals surface area contributed by atoms with Gasteiger partial charge in [0.2, 0.25) is 0 Å². The fourth-order valence-electron chi connectivity index (χ4n) is 3.91. The number of carbonyl (C=O) groups excluding carboxylic acids is 2. The molecule has 0 spiro atoms. The van der Waals surface area contributed by atoms with E-state index in [4.69, 9.17) is 14.7 Å². The Morgan fingerprint density at radius 2 is 1.37 bits per heavy atom. The Labute approximate surface area is 224 Å². The molecule has 5 rings (SSSR count). The predicted octanol–water partition coefficient (Wildman–Crippen LogP) is 6.53. The number of benzene rings is 3. The number of thiazole rings is 1. The molecule has 0 bridgehead atoms. The van der Waals surface area contributed by atoms with Crippen LogP contribution in [0.1, 0.15) is 34.1 Å². The fraction of sp³-hybridized carbons (Fsp3) is 0.167. The SMILES string of the molecule is Cc1ccc(-c2nc3ccc(C(=O)OC(C)C(=O)Nc4nc(C)cs4)cc3nc2-c2ccc(C)cc2)cc1. The van der Waals surface area contributed by atoms with Gasteiger partial charge in [-0.2, -0.15) is 0 Å². The van der Waals surface area contributed by atoms with Crippen LogP contribution >= 0.6 is 11.3 Å². The maximum absolute atomic E-state index is 12.9. The van der Waals surface area contributed by atoms with Crippen LogP contribution in [0.25, 0.3) is 33.5 Å². The summed E-state index contributed by atoms with van der Waals surface area (Å²) >= 11 is 1.31. The number of nitrogens with zero attached hydrogens (tertiary/aromatic N) is 3. The zero-order valence-electron chi connectivity index (χ0n) is 21.5. The Hall–Kier alpha value is -4.43. The summed E-state index contributed by atoms with van der Waals surface area (Å²) in [5.74, 6) is -1.07. The van der Waals surface area contributed by atoms with E-state index in [-0.39, 0.29) is 5.56 Å². The number of esters is 1. The van der Waals surface area contributed by atoms with E-state index in [1.807, 2.05) is 74.7 Å².